The molecule has 0 aliphatic carbocycles. The standard InChI is InChI=1S/C12H23N3S/c1-5-6-15-8-10(7-14-15)11(13)9-16-12(2,3)4/h7-8,11H,5-6,9,13H2,1-4H3. The van der Waals surface area contributed by atoms with Gasteiger partial charge in [0.15, 0.2) is 0 Å². The van der Waals surface area contributed by atoms with Crippen LogP contribution in [-0.2, 0) is 6.54 Å². The van der Waals surface area contributed by atoms with Gasteiger partial charge in [-0.15, -0.1) is 0 Å². The van der Waals surface area contributed by atoms with Crippen LogP contribution in [0.1, 0.15) is 45.7 Å². The third kappa shape index (κ3) is 4.58. The first-order chi connectivity index (χ1) is 7.42. The van der Waals surface area contributed by atoms with Crippen LogP contribution in [0.15, 0.2) is 12.4 Å². The highest BCUT2D eigenvalue weighted by atomic mass is 32.2. The lowest BCUT2D eigenvalue weighted by molar-refractivity contribution is 0.601. The fourth-order valence-electron chi connectivity index (χ4n) is 1.36. The second-order valence-corrected chi connectivity index (χ2v) is 6.91. The zero-order chi connectivity index (χ0) is 12.2. The second kappa shape index (κ2) is 5.73. The van der Waals surface area contributed by atoms with Crippen molar-refractivity contribution in [2.24, 2.45) is 5.73 Å². The van der Waals surface area contributed by atoms with E-state index in [-0.39, 0.29) is 10.8 Å². The molecule has 1 atom stereocenters. The summed E-state index contributed by atoms with van der Waals surface area (Å²) in [5.74, 6) is 0.946. The Balaban J connectivity index is 2.49. The first-order valence-corrected chi connectivity index (χ1v) is 6.83. The summed E-state index contributed by atoms with van der Waals surface area (Å²) in [6.07, 6.45) is 5.06. The van der Waals surface area contributed by atoms with Crippen LogP contribution in [-0.4, -0.2) is 20.3 Å². The Morgan fingerprint density at radius 2 is 2.19 bits per heavy atom. The number of hydrogen-bond donors (Lipinski definition) is 1. The number of hydrogen-bond acceptors (Lipinski definition) is 3. The minimum atomic E-state index is 0.0924. The van der Waals surface area contributed by atoms with Crippen molar-refractivity contribution in [1.29, 1.82) is 0 Å². The number of nitrogens with zero attached hydrogens (tertiary/aromatic N) is 2. The maximum Gasteiger partial charge on any atom is 0.0537 e. The monoisotopic (exact) mass is 241 g/mol. The average Bonchev–Trinajstić information content (AvgIpc) is 2.62. The van der Waals surface area contributed by atoms with Crippen LogP contribution in [0, 0.1) is 0 Å². The zero-order valence-electron chi connectivity index (χ0n) is 10.7. The van der Waals surface area contributed by atoms with E-state index in [9.17, 15) is 0 Å². The van der Waals surface area contributed by atoms with Gasteiger partial charge in [0.25, 0.3) is 0 Å². The zero-order valence-corrected chi connectivity index (χ0v) is 11.5. The molecule has 3 nitrogen and oxygen atoms in total. The molecule has 0 spiro atoms. The molecule has 1 aromatic rings. The van der Waals surface area contributed by atoms with Crippen LogP contribution < -0.4 is 5.73 Å². The van der Waals surface area contributed by atoms with Crippen LogP contribution in [0.4, 0.5) is 0 Å². The van der Waals surface area contributed by atoms with Gasteiger partial charge in [0.05, 0.1) is 6.20 Å². The SMILES string of the molecule is CCCn1cc(C(N)CSC(C)(C)C)cn1. The summed E-state index contributed by atoms with van der Waals surface area (Å²) in [5.41, 5.74) is 7.28. The Labute approximate surface area is 103 Å². The fraction of sp³-hybridized carbons (Fsp3) is 0.750. The normalized spacial score (nSPS) is 14.1. The van der Waals surface area contributed by atoms with E-state index < -0.39 is 0 Å². The highest BCUT2D eigenvalue weighted by Gasteiger charge is 2.15. The Hall–Kier alpha value is -0.480. The molecule has 1 heterocycles. The van der Waals surface area contributed by atoms with Crippen molar-refractivity contribution in [1.82, 2.24) is 9.78 Å². The number of thioether (sulfide) groups is 1. The molecule has 0 saturated carbocycles. The van der Waals surface area contributed by atoms with Crippen LogP contribution in [0.25, 0.3) is 0 Å². The van der Waals surface area contributed by atoms with Crippen LogP contribution in [0.5, 0.6) is 0 Å². The summed E-state index contributed by atoms with van der Waals surface area (Å²) in [6, 6.07) is 0.0924. The molecule has 0 aliphatic rings. The van der Waals surface area contributed by atoms with Crippen molar-refractivity contribution in [3.8, 4) is 0 Å². The van der Waals surface area contributed by atoms with Gasteiger partial charge < -0.3 is 5.73 Å². The highest BCUT2D eigenvalue weighted by Crippen LogP contribution is 2.27. The molecule has 1 aromatic heterocycles. The molecule has 2 N–H and O–H groups in total. The Morgan fingerprint density at radius 1 is 1.50 bits per heavy atom. The van der Waals surface area contributed by atoms with Crippen molar-refractivity contribution in [2.45, 2.75) is 51.4 Å². The fourth-order valence-corrected chi connectivity index (χ4v) is 2.23. The minimum absolute atomic E-state index is 0.0924. The van der Waals surface area contributed by atoms with Crippen molar-refractivity contribution < 1.29 is 0 Å². The molecule has 1 unspecified atom stereocenters. The smallest absolute Gasteiger partial charge is 0.0537 e. The summed E-state index contributed by atoms with van der Waals surface area (Å²) in [7, 11) is 0. The molecule has 0 radical (unpaired) electrons. The maximum absolute atomic E-state index is 6.14. The van der Waals surface area contributed by atoms with Gasteiger partial charge in [-0.2, -0.15) is 16.9 Å². The van der Waals surface area contributed by atoms with E-state index in [4.69, 9.17) is 5.73 Å². The molecule has 1 rings (SSSR count). The number of nitrogens with two attached hydrogens (primary N) is 1. The minimum Gasteiger partial charge on any atom is -0.323 e. The molecule has 0 fully saturated rings. The summed E-state index contributed by atoms with van der Waals surface area (Å²) in [5, 5.41) is 4.30. The average molecular weight is 241 g/mol. The van der Waals surface area contributed by atoms with Gasteiger partial charge >= 0.3 is 0 Å². The van der Waals surface area contributed by atoms with Gasteiger partial charge in [-0.25, -0.2) is 0 Å². The lowest BCUT2D eigenvalue weighted by Crippen LogP contribution is -2.17. The van der Waals surface area contributed by atoms with Gasteiger partial charge in [0, 0.05) is 34.8 Å². The second-order valence-electron chi connectivity index (χ2n) is 5.07. The molecule has 92 valence electrons. The number of aromatic nitrogens is 2. The van der Waals surface area contributed by atoms with E-state index in [1.165, 1.54) is 0 Å². The summed E-state index contributed by atoms with van der Waals surface area (Å²) in [4.78, 5) is 0. The quantitative estimate of drug-likeness (QED) is 0.862. The first-order valence-electron chi connectivity index (χ1n) is 5.84. The molecule has 16 heavy (non-hydrogen) atoms. The molecular weight excluding hydrogens is 218 g/mol. The highest BCUT2D eigenvalue weighted by molar-refractivity contribution is 8.00. The van der Waals surface area contributed by atoms with E-state index in [0.717, 1.165) is 24.3 Å². The third-order valence-electron chi connectivity index (χ3n) is 2.23. The van der Waals surface area contributed by atoms with E-state index in [0.29, 0.717) is 0 Å². The number of rotatable bonds is 5. The molecule has 0 bridgehead atoms. The Kier molecular flexibility index (Phi) is 4.87. The van der Waals surface area contributed by atoms with Crippen molar-refractivity contribution >= 4 is 11.8 Å². The molecule has 4 heteroatoms. The van der Waals surface area contributed by atoms with E-state index in [1.54, 1.807) is 0 Å². The predicted molar refractivity (Wildman–Crippen MR) is 71.7 cm³/mol. The lowest BCUT2D eigenvalue weighted by Gasteiger charge is -2.19. The van der Waals surface area contributed by atoms with Gasteiger partial charge in [-0.3, -0.25) is 4.68 Å². The van der Waals surface area contributed by atoms with Crippen molar-refractivity contribution in [3.05, 3.63) is 18.0 Å². The summed E-state index contributed by atoms with van der Waals surface area (Å²) in [6.45, 7) is 9.76. The molecular formula is C12H23N3S. The molecule has 0 aliphatic heterocycles. The third-order valence-corrected chi connectivity index (χ3v) is 3.62. The Morgan fingerprint density at radius 3 is 2.75 bits per heavy atom. The van der Waals surface area contributed by atoms with Crippen LogP contribution >= 0.6 is 11.8 Å². The number of aryl methyl sites for hydroxylation is 1. The largest absolute Gasteiger partial charge is 0.323 e. The van der Waals surface area contributed by atoms with E-state index in [2.05, 4.69) is 39.0 Å². The topological polar surface area (TPSA) is 43.8 Å². The molecule has 0 aromatic carbocycles. The van der Waals surface area contributed by atoms with Crippen LogP contribution in [0.2, 0.25) is 0 Å². The molecule has 0 saturated heterocycles. The van der Waals surface area contributed by atoms with Gasteiger partial charge in [0.1, 0.15) is 0 Å². The Bertz CT molecular complexity index is 314. The van der Waals surface area contributed by atoms with Gasteiger partial charge in [-0.1, -0.05) is 27.7 Å². The van der Waals surface area contributed by atoms with Crippen molar-refractivity contribution in [3.63, 3.8) is 0 Å². The van der Waals surface area contributed by atoms with Crippen molar-refractivity contribution in [2.75, 3.05) is 5.75 Å². The van der Waals surface area contributed by atoms with Crippen LogP contribution in [0.3, 0.4) is 0 Å². The van der Waals surface area contributed by atoms with Gasteiger partial charge in [-0.05, 0) is 6.42 Å². The van der Waals surface area contributed by atoms with E-state index in [1.807, 2.05) is 22.6 Å². The van der Waals surface area contributed by atoms with Gasteiger partial charge in [0.2, 0.25) is 0 Å². The first kappa shape index (κ1) is 13.6. The lowest BCUT2D eigenvalue weighted by atomic mass is 10.2. The molecule has 0 amide bonds. The predicted octanol–water partition coefficient (Wildman–Crippen LogP) is 2.82. The summed E-state index contributed by atoms with van der Waals surface area (Å²) < 4.78 is 2.24. The summed E-state index contributed by atoms with van der Waals surface area (Å²) >= 11 is 1.90. The maximum atomic E-state index is 6.14. The van der Waals surface area contributed by atoms with E-state index >= 15 is 0 Å².